The van der Waals surface area contributed by atoms with E-state index < -0.39 is 31.6 Å². The number of benzene rings is 4. The molecule has 0 aliphatic rings. The molecule has 0 fully saturated rings. The Morgan fingerprint density at radius 1 is 0.643 bits per heavy atom. The zero-order valence-electron chi connectivity index (χ0n) is 22.9. The first-order valence-electron chi connectivity index (χ1n) is 13.1. The third kappa shape index (κ3) is 6.84. The van der Waals surface area contributed by atoms with Crippen LogP contribution in [-0.4, -0.2) is 33.9 Å². The number of hydrogen-bond donors (Lipinski definition) is 0. The molecular weight excluding hydrogens is 571 g/mol. The summed E-state index contributed by atoms with van der Waals surface area (Å²) < 4.78 is 61.9. The fraction of sp³-hybridized carbons (Fsp3) is 0.125. The lowest BCUT2D eigenvalue weighted by atomic mass is 10.1. The lowest BCUT2D eigenvalue weighted by Crippen LogP contribution is -2.40. The average molecular weight is 600 g/mol. The van der Waals surface area contributed by atoms with Gasteiger partial charge in [0, 0.05) is 12.0 Å². The molecule has 0 saturated carbocycles. The molecule has 0 radical (unpaired) electrons. The van der Waals surface area contributed by atoms with Crippen LogP contribution in [0.3, 0.4) is 0 Å². The highest BCUT2D eigenvalue weighted by molar-refractivity contribution is 8.09. The minimum absolute atomic E-state index is 0.158. The topological polar surface area (TPSA) is 107 Å². The molecule has 0 spiro atoms. The van der Waals surface area contributed by atoms with E-state index in [1.54, 1.807) is 79.9 Å². The second-order valence-electron chi connectivity index (χ2n) is 9.60. The summed E-state index contributed by atoms with van der Waals surface area (Å²) in [5, 5.41) is 0. The van der Waals surface area contributed by atoms with Gasteiger partial charge in [0.1, 0.15) is 5.75 Å². The zero-order valence-corrected chi connectivity index (χ0v) is 24.5. The highest BCUT2D eigenvalue weighted by Gasteiger charge is 2.37. The molecule has 0 amide bonds. The third-order valence-corrected chi connectivity index (χ3v) is 10.6. The maximum absolute atomic E-state index is 14.0. The molecule has 0 atom stereocenters. The van der Waals surface area contributed by atoms with Crippen molar-refractivity contribution in [1.29, 1.82) is 0 Å². The van der Waals surface area contributed by atoms with Gasteiger partial charge in [0.2, 0.25) is 0 Å². The van der Waals surface area contributed by atoms with Gasteiger partial charge in [-0.15, -0.1) is 3.71 Å². The Labute approximate surface area is 246 Å². The standard InChI is InChI=1S/C32H29N3O5S2/c1-40-29-19-17-28(18-20-29)31-22-33-32(30(34-31)21-25-11-5-2-6-12-25)35(41(36,37)23-26-13-7-3-8-14-26)42(38,39)24-27-15-9-4-10-16-27/h2-20,22H,21,23-24H2,1H3. The van der Waals surface area contributed by atoms with Crippen molar-refractivity contribution >= 4 is 25.9 Å². The first kappa shape index (κ1) is 29.0. The van der Waals surface area contributed by atoms with Crippen LogP contribution in [0, 0.1) is 0 Å². The van der Waals surface area contributed by atoms with Crippen molar-refractivity contribution in [1.82, 2.24) is 9.97 Å². The van der Waals surface area contributed by atoms with Crippen LogP contribution in [0.5, 0.6) is 5.75 Å². The van der Waals surface area contributed by atoms with Crippen molar-refractivity contribution < 1.29 is 21.6 Å². The summed E-state index contributed by atoms with van der Waals surface area (Å²) >= 11 is 0. The Morgan fingerprint density at radius 2 is 1.12 bits per heavy atom. The number of aromatic nitrogens is 2. The van der Waals surface area contributed by atoms with Gasteiger partial charge in [-0.3, -0.25) is 0 Å². The Bertz CT molecular complexity index is 1780. The summed E-state index contributed by atoms with van der Waals surface area (Å²) in [7, 11) is -7.39. The quantitative estimate of drug-likeness (QED) is 0.194. The molecule has 10 heteroatoms. The van der Waals surface area contributed by atoms with Crippen molar-refractivity contribution in [3.05, 3.63) is 144 Å². The number of hydrogen-bond acceptors (Lipinski definition) is 7. The van der Waals surface area contributed by atoms with Crippen molar-refractivity contribution in [3.63, 3.8) is 0 Å². The van der Waals surface area contributed by atoms with Crippen LogP contribution in [0.4, 0.5) is 5.82 Å². The predicted molar refractivity (Wildman–Crippen MR) is 164 cm³/mol. The summed E-state index contributed by atoms with van der Waals surface area (Å²) in [6.07, 6.45) is 1.56. The maximum Gasteiger partial charge on any atom is 0.253 e. The lowest BCUT2D eigenvalue weighted by Gasteiger charge is -2.25. The zero-order chi connectivity index (χ0) is 29.6. The maximum atomic E-state index is 14.0. The van der Waals surface area contributed by atoms with Gasteiger partial charge in [0.25, 0.3) is 20.0 Å². The van der Waals surface area contributed by atoms with Gasteiger partial charge in [-0.1, -0.05) is 91.0 Å². The van der Waals surface area contributed by atoms with Crippen molar-refractivity contribution in [3.8, 4) is 17.0 Å². The molecule has 0 aliphatic heterocycles. The Kier molecular flexibility index (Phi) is 8.65. The van der Waals surface area contributed by atoms with Gasteiger partial charge >= 0.3 is 0 Å². The second kappa shape index (κ2) is 12.5. The third-order valence-electron chi connectivity index (χ3n) is 6.48. The molecule has 0 N–H and O–H groups in total. The van der Waals surface area contributed by atoms with Gasteiger partial charge in [0.05, 0.1) is 36.2 Å². The molecule has 5 aromatic rings. The van der Waals surface area contributed by atoms with E-state index in [0.29, 0.717) is 26.3 Å². The van der Waals surface area contributed by atoms with Crippen LogP contribution in [-0.2, 0) is 38.0 Å². The molecule has 1 aromatic heterocycles. The molecule has 42 heavy (non-hydrogen) atoms. The first-order valence-corrected chi connectivity index (χ1v) is 16.3. The van der Waals surface area contributed by atoms with Crippen LogP contribution in [0.2, 0.25) is 0 Å². The largest absolute Gasteiger partial charge is 0.497 e. The van der Waals surface area contributed by atoms with E-state index >= 15 is 0 Å². The summed E-state index contributed by atoms with van der Waals surface area (Å²) in [4.78, 5) is 9.27. The van der Waals surface area contributed by atoms with E-state index in [9.17, 15) is 16.8 Å². The SMILES string of the molecule is COc1ccc(-c2cnc(N(S(=O)(=O)Cc3ccccc3)S(=O)(=O)Cc3ccccc3)c(Cc3ccccc3)n2)cc1. The molecule has 1 heterocycles. The highest BCUT2D eigenvalue weighted by Crippen LogP contribution is 2.31. The highest BCUT2D eigenvalue weighted by atomic mass is 32.3. The minimum Gasteiger partial charge on any atom is -0.497 e. The molecule has 4 aromatic carbocycles. The number of nitrogens with zero attached hydrogens (tertiary/aromatic N) is 3. The number of anilines is 1. The molecule has 0 unspecified atom stereocenters. The molecular formula is C32H29N3O5S2. The Balaban J connectivity index is 1.67. The molecule has 0 bridgehead atoms. The van der Waals surface area contributed by atoms with Crippen molar-refractivity contribution in [2.75, 3.05) is 10.8 Å². The van der Waals surface area contributed by atoms with Gasteiger partial charge in [-0.2, -0.15) is 0 Å². The number of rotatable bonds is 11. The van der Waals surface area contributed by atoms with E-state index in [0.717, 1.165) is 11.1 Å². The number of ether oxygens (including phenoxy) is 1. The Morgan fingerprint density at radius 3 is 1.60 bits per heavy atom. The number of methoxy groups -OCH3 is 1. The minimum atomic E-state index is -4.48. The van der Waals surface area contributed by atoms with Gasteiger partial charge in [-0.25, -0.2) is 26.8 Å². The smallest absolute Gasteiger partial charge is 0.253 e. The van der Waals surface area contributed by atoms with E-state index in [1.165, 1.54) is 6.20 Å². The Hall–Kier alpha value is -4.54. The average Bonchev–Trinajstić information content (AvgIpc) is 2.99. The fourth-order valence-corrected chi connectivity index (χ4v) is 8.50. The van der Waals surface area contributed by atoms with E-state index in [4.69, 9.17) is 9.72 Å². The van der Waals surface area contributed by atoms with E-state index in [2.05, 4.69) is 4.98 Å². The van der Waals surface area contributed by atoms with E-state index in [1.807, 2.05) is 42.5 Å². The second-order valence-corrected chi connectivity index (χ2v) is 13.5. The van der Waals surface area contributed by atoms with Crippen LogP contribution in [0.1, 0.15) is 22.4 Å². The molecule has 8 nitrogen and oxygen atoms in total. The predicted octanol–water partition coefficient (Wildman–Crippen LogP) is 5.61. The van der Waals surface area contributed by atoms with Crippen molar-refractivity contribution in [2.45, 2.75) is 17.9 Å². The fourth-order valence-electron chi connectivity index (χ4n) is 4.51. The van der Waals surface area contributed by atoms with Crippen LogP contribution in [0.15, 0.2) is 121 Å². The van der Waals surface area contributed by atoms with Crippen molar-refractivity contribution in [2.24, 2.45) is 0 Å². The summed E-state index contributed by atoms with van der Waals surface area (Å²) in [5.74, 6) is -0.649. The first-order chi connectivity index (χ1) is 20.2. The lowest BCUT2D eigenvalue weighted by molar-refractivity contribution is 0.415. The van der Waals surface area contributed by atoms with E-state index in [-0.39, 0.29) is 17.9 Å². The van der Waals surface area contributed by atoms with Crippen LogP contribution >= 0.6 is 0 Å². The molecule has 0 saturated heterocycles. The number of sulfonamides is 2. The molecule has 0 aliphatic carbocycles. The summed E-state index contributed by atoms with van der Waals surface area (Å²) in [5.41, 5.74) is 3.11. The monoisotopic (exact) mass is 599 g/mol. The van der Waals surface area contributed by atoms with Crippen LogP contribution < -0.4 is 8.45 Å². The van der Waals surface area contributed by atoms with Crippen LogP contribution in [0.25, 0.3) is 11.3 Å². The summed E-state index contributed by atoms with van der Waals surface area (Å²) in [6.45, 7) is 0. The van der Waals surface area contributed by atoms with Gasteiger partial charge in [-0.05, 0) is 41.0 Å². The van der Waals surface area contributed by atoms with Gasteiger partial charge < -0.3 is 4.74 Å². The van der Waals surface area contributed by atoms with Gasteiger partial charge in [0.15, 0.2) is 5.82 Å². The molecule has 214 valence electrons. The summed E-state index contributed by atoms with van der Waals surface area (Å²) in [6, 6.07) is 33.4. The molecule has 5 rings (SSSR count). The normalized spacial score (nSPS) is 11.6.